The molecule has 0 atom stereocenters. The average molecular weight is 315 g/mol. The summed E-state index contributed by atoms with van der Waals surface area (Å²) in [6.07, 6.45) is 0. The molecule has 0 spiro atoms. The van der Waals surface area contributed by atoms with Gasteiger partial charge in [-0.3, -0.25) is 19.3 Å². The molecule has 0 saturated heterocycles. The Kier molecular flexibility index (Phi) is 2.30. The number of nitro groups is 1. The van der Waals surface area contributed by atoms with E-state index in [9.17, 15) is 14.9 Å². The van der Waals surface area contributed by atoms with Gasteiger partial charge in [-0.25, -0.2) is 4.98 Å². The number of hydrogen-bond acceptors (Lipinski definition) is 4. The van der Waals surface area contributed by atoms with Crippen LogP contribution in [-0.2, 0) is 0 Å². The first-order valence-corrected chi connectivity index (χ1v) is 7.39. The van der Waals surface area contributed by atoms with E-state index in [1.165, 1.54) is 6.07 Å². The Hall–Kier alpha value is -3.54. The van der Waals surface area contributed by atoms with E-state index >= 15 is 0 Å². The van der Waals surface area contributed by atoms with Gasteiger partial charge in [-0.2, -0.15) is 0 Å². The van der Waals surface area contributed by atoms with Crippen LogP contribution in [0.2, 0.25) is 0 Å². The van der Waals surface area contributed by atoms with Gasteiger partial charge in [0.2, 0.25) is 0 Å². The summed E-state index contributed by atoms with van der Waals surface area (Å²) >= 11 is 0. The molecular formula is C18H9N3O3. The lowest BCUT2D eigenvalue weighted by molar-refractivity contribution is -0.383. The number of para-hydroxylation sites is 2. The SMILES string of the molecule is O=c1c2cccc3c([N+](=O)[O-])ccc(c32)c2nc3ccccc3n12. The Balaban J connectivity index is 2.18. The van der Waals surface area contributed by atoms with Crippen molar-refractivity contribution in [3.8, 4) is 0 Å². The van der Waals surface area contributed by atoms with E-state index in [4.69, 9.17) is 0 Å². The molecule has 114 valence electrons. The second-order valence-corrected chi connectivity index (χ2v) is 5.68. The zero-order valence-corrected chi connectivity index (χ0v) is 12.3. The van der Waals surface area contributed by atoms with Crippen molar-refractivity contribution in [1.82, 2.24) is 9.38 Å². The minimum atomic E-state index is -0.426. The molecule has 0 unspecified atom stereocenters. The summed E-state index contributed by atoms with van der Waals surface area (Å²) in [4.78, 5) is 28.5. The molecule has 0 amide bonds. The first kappa shape index (κ1) is 13.0. The lowest BCUT2D eigenvalue weighted by Crippen LogP contribution is -2.13. The van der Waals surface area contributed by atoms with Crippen LogP contribution >= 0.6 is 0 Å². The van der Waals surface area contributed by atoms with Crippen molar-refractivity contribution < 1.29 is 4.92 Å². The number of hydrogen-bond donors (Lipinski definition) is 0. The minimum absolute atomic E-state index is 0.00652. The molecule has 3 aromatic carbocycles. The highest BCUT2D eigenvalue weighted by Crippen LogP contribution is 2.34. The van der Waals surface area contributed by atoms with Crippen LogP contribution in [0.5, 0.6) is 0 Å². The third-order valence-electron chi connectivity index (χ3n) is 4.45. The van der Waals surface area contributed by atoms with Gasteiger partial charge in [0.1, 0.15) is 5.65 Å². The second-order valence-electron chi connectivity index (χ2n) is 5.68. The average Bonchev–Trinajstić information content (AvgIpc) is 2.98. The number of aromatic nitrogens is 2. The molecule has 0 radical (unpaired) electrons. The zero-order chi connectivity index (χ0) is 16.4. The fraction of sp³-hybridized carbons (Fsp3) is 0. The molecule has 0 bridgehead atoms. The molecular weight excluding hydrogens is 306 g/mol. The van der Waals surface area contributed by atoms with Crippen LogP contribution in [0, 0.1) is 10.1 Å². The van der Waals surface area contributed by atoms with Crippen molar-refractivity contribution >= 4 is 43.9 Å². The maximum absolute atomic E-state index is 13.0. The van der Waals surface area contributed by atoms with Crippen LogP contribution in [0.3, 0.4) is 0 Å². The van der Waals surface area contributed by atoms with Gasteiger partial charge in [-0.05, 0) is 30.3 Å². The molecule has 5 aromatic rings. The van der Waals surface area contributed by atoms with Crippen molar-refractivity contribution in [2.45, 2.75) is 0 Å². The van der Waals surface area contributed by atoms with Crippen molar-refractivity contribution in [3.05, 3.63) is 75.1 Å². The van der Waals surface area contributed by atoms with Crippen molar-refractivity contribution in [1.29, 1.82) is 0 Å². The molecule has 0 aliphatic rings. The highest BCUT2D eigenvalue weighted by Gasteiger charge is 2.20. The predicted octanol–water partition coefficient (Wildman–Crippen LogP) is 3.50. The molecule has 0 aliphatic carbocycles. The first-order valence-electron chi connectivity index (χ1n) is 7.39. The van der Waals surface area contributed by atoms with Gasteiger partial charge in [0.05, 0.1) is 21.3 Å². The van der Waals surface area contributed by atoms with E-state index in [1.54, 1.807) is 28.7 Å². The summed E-state index contributed by atoms with van der Waals surface area (Å²) in [6.45, 7) is 0. The fourth-order valence-electron chi connectivity index (χ4n) is 3.45. The Morgan fingerprint density at radius 1 is 0.917 bits per heavy atom. The lowest BCUT2D eigenvalue weighted by atomic mass is 10.0. The highest BCUT2D eigenvalue weighted by atomic mass is 16.6. The third kappa shape index (κ3) is 1.44. The van der Waals surface area contributed by atoms with Crippen molar-refractivity contribution in [2.75, 3.05) is 0 Å². The number of rotatable bonds is 1. The standard InChI is InChI=1S/C18H9N3O3/c22-18-12-5-3-4-10-14(21(23)24)9-8-11(16(10)12)17-19-13-6-1-2-7-15(13)20(17)18/h1-9H. The maximum Gasteiger partial charge on any atom is 0.277 e. The quantitative estimate of drug-likeness (QED) is 0.350. The van der Waals surface area contributed by atoms with Crippen LogP contribution in [0.25, 0.3) is 38.2 Å². The van der Waals surface area contributed by atoms with Gasteiger partial charge in [-0.15, -0.1) is 0 Å². The molecule has 2 aromatic heterocycles. The smallest absolute Gasteiger partial charge is 0.268 e. The van der Waals surface area contributed by atoms with Gasteiger partial charge >= 0.3 is 0 Å². The number of nitro benzene ring substituents is 1. The normalized spacial score (nSPS) is 11.8. The largest absolute Gasteiger partial charge is 0.277 e. The van der Waals surface area contributed by atoms with E-state index in [-0.39, 0.29) is 11.2 Å². The van der Waals surface area contributed by atoms with Gasteiger partial charge < -0.3 is 0 Å². The molecule has 0 aliphatic heterocycles. The summed E-state index contributed by atoms with van der Waals surface area (Å²) in [6, 6.07) is 15.6. The number of non-ortho nitro benzene ring substituents is 1. The van der Waals surface area contributed by atoms with E-state index in [0.29, 0.717) is 21.8 Å². The summed E-state index contributed by atoms with van der Waals surface area (Å²) < 4.78 is 1.58. The van der Waals surface area contributed by atoms with Crippen LogP contribution in [-0.4, -0.2) is 14.3 Å². The maximum atomic E-state index is 13.0. The molecule has 24 heavy (non-hydrogen) atoms. The Labute approximate surface area is 134 Å². The van der Waals surface area contributed by atoms with Gasteiger partial charge in [0, 0.05) is 22.2 Å². The zero-order valence-electron chi connectivity index (χ0n) is 12.3. The van der Waals surface area contributed by atoms with Gasteiger partial charge in [0.25, 0.3) is 11.2 Å². The van der Waals surface area contributed by atoms with Crippen LogP contribution in [0.1, 0.15) is 0 Å². The fourth-order valence-corrected chi connectivity index (χ4v) is 3.45. The number of imidazole rings is 1. The molecule has 5 rings (SSSR count). The Morgan fingerprint density at radius 3 is 2.54 bits per heavy atom. The van der Waals surface area contributed by atoms with E-state index in [0.717, 1.165) is 16.4 Å². The molecule has 0 fully saturated rings. The van der Waals surface area contributed by atoms with Crippen LogP contribution in [0.15, 0.2) is 59.4 Å². The number of benzene rings is 3. The summed E-state index contributed by atoms with van der Waals surface area (Å²) in [5.41, 5.74) is 1.77. The van der Waals surface area contributed by atoms with Crippen molar-refractivity contribution in [2.24, 2.45) is 0 Å². The Morgan fingerprint density at radius 2 is 1.71 bits per heavy atom. The number of fused-ring (bicyclic) bond motifs is 4. The molecule has 0 saturated carbocycles. The third-order valence-corrected chi connectivity index (χ3v) is 4.45. The van der Waals surface area contributed by atoms with Crippen LogP contribution < -0.4 is 5.56 Å². The number of nitrogens with zero attached hydrogens (tertiary/aromatic N) is 3. The Bertz CT molecular complexity index is 1350. The molecule has 0 N–H and O–H groups in total. The number of pyridine rings is 1. The lowest BCUT2D eigenvalue weighted by Gasteiger charge is -2.07. The predicted molar refractivity (Wildman–Crippen MR) is 91.8 cm³/mol. The topological polar surface area (TPSA) is 77.5 Å². The summed E-state index contributed by atoms with van der Waals surface area (Å²) in [5, 5.41) is 13.6. The van der Waals surface area contributed by atoms with E-state index < -0.39 is 4.92 Å². The first-order chi connectivity index (χ1) is 11.7. The van der Waals surface area contributed by atoms with E-state index in [1.807, 2.05) is 24.3 Å². The highest BCUT2D eigenvalue weighted by molar-refractivity contribution is 6.17. The van der Waals surface area contributed by atoms with Crippen molar-refractivity contribution in [3.63, 3.8) is 0 Å². The van der Waals surface area contributed by atoms with Crippen LogP contribution in [0.4, 0.5) is 5.69 Å². The van der Waals surface area contributed by atoms with E-state index in [2.05, 4.69) is 4.98 Å². The van der Waals surface area contributed by atoms with Gasteiger partial charge in [-0.1, -0.05) is 18.2 Å². The summed E-state index contributed by atoms with van der Waals surface area (Å²) in [7, 11) is 0. The summed E-state index contributed by atoms with van der Waals surface area (Å²) in [5.74, 6) is 0. The minimum Gasteiger partial charge on any atom is -0.268 e. The molecule has 2 heterocycles. The van der Waals surface area contributed by atoms with Gasteiger partial charge in [0.15, 0.2) is 0 Å². The molecule has 6 nitrogen and oxygen atoms in total. The molecule has 6 heteroatoms. The monoisotopic (exact) mass is 315 g/mol. The second kappa shape index (κ2) is 4.26.